The summed E-state index contributed by atoms with van der Waals surface area (Å²) in [4.78, 5) is 30.7. The smallest absolute Gasteiger partial charge is 0.294 e. The Morgan fingerprint density at radius 1 is 0.973 bits per heavy atom. The second kappa shape index (κ2) is 9.50. The van der Waals surface area contributed by atoms with Gasteiger partial charge in [-0.05, 0) is 68.3 Å². The third-order valence-corrected chi connectivity index (χ3v) is 6.83. The van der Waals surface area contributed by atoms with Crippen molar-refractivity contribution >= 4 is 34.0 Å². The molecule has 1 unspecified atom stereocenters. The minimum atomic E-state index is -0.966. The summed E-state index contributed by atoms with van der Waals surface area (Å²) >= 11 is 0. The van der Waals surface area contributed by atoms with E-state index in [0.29, 0.717) is 11.1 Å². The van der Waals surface area contributed by atoms with Crippen LogP contribution in [-0.2, 0) is 4.79 Å². The van der Waals surface area contributed by atoms with E-state index in [4.69, 9.17) is 4.42 Å². The van der Waals surface area contributed by atoms with Gasteiger partial charge < -0.3 is 19.5 Å². The summed E-state index contributed by atoms with van der Waals surface area (Å²) in [7, 11) is 0. The Balaban J connectivity index is 1.66. The van der Waals surface area contributed by atoms with Gasteiger partial charge in [-0.1, -0.05) is 36.4 Å². The lowest BCUT2D eigenvalue weighted by Gasteiger charge is -2.28. The van der Waals surface area contributed by atoms with Gasteiger partial charge in [0.2, 0.25) is 5.78 Å². The number of aryl methyl sites for hydroxylation is 1. The first kappa shape index (κ1) is 24.2. The fourth-order valence-electron chi connectivity index (χ4n) is 4.91. The molecule has 2 heterocycles. The molecule has 0 saturated carbocycles. The number of carbonyl (C=O) groups excluding carboxylic acids is 2. The van der Waals surface area contributed by atoms with E-state index in [1.807, 2.05) is 43.3 Å². The molecule has 0 radical (unpaired) electrons. The maximum Gasteiger partial charge on any atom is 0.294 e. The van der Waals surface area contributed by atoms with Gasteiger partial charge in [0.15, 0.2) is 11.5 Å². The Morgan fingerprint density at radius 2 is 1.68 bits per heavy atom. The van der Waals surface area contributed by atoms with E-state index < -0.39 is 23.5 Å². The van der Waals surface area contributed by atoms with Gasteiger partial charge in [0, 0.05) is 24.2 Å². The molecule has 1 aliphatic rings. The number of anilines is 2. The molecule has 0 saturated heterocycles. The van der Waals surface area contributed by atoms with E-state index >= 15 is 0 Å². The number of hydrogen-bond donors (Lipinski definition) is 2. The van der Waals surface area contributed by atoms with Crippen LogP contribution in [0.4, 0.5) is 11.4 Å². The lowest BCUT2D eigenvalue weighted by atomic mass is 9.94. The van der Waals surface area contributed by atoms with E-state index in [2.05, 4.69) is 18.7 Å². The molecule has 1 amide bonds. The molecule has 7 nitrogen and oxygen atoms in total. The maximum atomic E-state index is 13.8. The van der Waals surface area contributed by atoms with Gasteiger partial charge in [-0.2, -0.15) is 0 Å². The van der Waals surface area contributed by atoms with Gasteiger partial charge in [0.25, 0.3) is 5.91 Å². The van der Waals surface area contributed by atoms with E-state index in [0.717, 1.165) is 29.7 Å². The van der Waals surface area contributed by atoms with Crippen molar-refractivity contribution in [2.24, 2.45) is 0 Å². The predicted molar refractivity (Wildman–Crippen MR) is 143 cm³/mol. The molecule has 0 fully saturated rings. The van der Waals surface area contributed by atoms with Gasteiger partial charge in [0.1, 0.15) is 11.3 Å². The summed E-state index contributed by atoms with van der Waals surface area (Å²) in [6.45, 7) is 7.64. The lowest BCUT2D eigenvalue weighted by Crippen LogP contribution is -2.31. The number of phenolic OH excluding ortho intramolecular Hbond substituents is 1. The highest BCUT2D eigenvalue weighted by Gasteiger charge is 2.46. The predicted octanol–water partition coefficient (Wildman–Crippen LogP) is 6.08. The number of hydrogen-bond acceptors (Lipinski definition) is 6. The Morgan fingerprint density at radius 3 is 2.35 bits per heavy atom. The number of aliphatic hydroxyl groups excluding tert-OH is 1. The molecular formula is C30H28N2O5. The Kier molecular flexibility index (Phi) is 6.21. The van der Waals surface area contributed by atoms with Crippen LogP contribution >= 0.6 is 0 Å². The number of furan rings is 1. The summed E-state index contributed by atoms with van der Waals surface area (Å²) in [5, 5.41) is 22.5. The van der Waals surface area contributed by atoms with Crippen molar-refractivity contribution in [2.45, 2.75) is 26.8 Å². The molecule has 1 aromatic heterocycles. The van der Waals surface area contributed by atoms with Gasteiger partial charge in [-0.25, -0.2) is 0 Å². The van der Waals surface area contributed by atoms with Crippen molar-refractivity contribution < 1.29 is 24.2 Å². The van der Waals surface area contributed by atoms with E-state index in [1.165, 1.54) is 11.0 Å². The van der Waals surface area contributed by atoms with E-state index in [9.17, 15) is 19.8 Å². The number of carbonyl (C=O) groups is 2. The highest BCUT2D eigenvalue weighted by molar-refractivity contribution is 6.21. The van der Waals surface area contributed by atoms with Crippen molar-refractivity contribution in [3.63, 3.8) is 0 Å². The lowest BCUT2D eigenvalue weighted by molar-refractivity contribution is -0.117. The van der Waals surface area contributed by atoms with Crippen molar-refractivity contribution in [1.82, 2.24) is 0 Å². The average molecular weight is 497 g/mol. The van der Waals surface area contributed by atoms with Gasteiger partial charge in [-0.3, -0.25) is 14.5 Å². The van der Waals surface area contributed by atoms with Crippen LogP contribution in [0.5, 0.6) is 5.75 Å². The zero-order valence-electron chi connectivity index (χ0n) is 20.9. The Hall–Kier alpha value is -4.52. The third kappa shape index (κ3) is 4.12. The molecule has 4 aromatic rings. The van der Waals surface area contributed by atoms with Crippen LogP contribution in [0.25, 0.3) is 11.0 Å². The number of aliphatic hydroxyl groups is 1. The standard InChI is InChI=1S/C30H28N2O5/c1-4-31(5-2)21-13-11-19(12-14-21)27-26(28(34)25-17-20-8-6-7-9-24(20)37-25)29(35)30(36)32(27)22-16-18(3)10-15-23(22)33/h6-17,27,33,35H,4-5H2,1-3H3. The maximum absolute atomic E-state index is 13.8. The average Bonchev–Trinajstić information content (AvgIpc) is 3.45. The molecule has 5 rings (SSSR count). The molecule has 2 N–H and O–H groups in total. The molecule has 7 heteroatoms. The van der Waals surface area contributed by atoms with Crippen molar-refractivity contribution in [1.29, 1.82) is 0 Å². The normalized spacial score (nSPS) is 15.6. The summed E-state index contributed by atoms with van der Waals surface area (Å²) in [6, 6.07) is 20.3. The second-order valence-electron chi connectivity index (χ2n) is 9.07. The number of rotatable bonds is 7. The molecular weight excluding hydrogens is 468 g/mol. The van der Waals surface area contributed by atoms with Crippen molar-refractivity contribution in [3.8, 4) is 5.75 Å². The summed E-state index contributed by atoms with van der Waals surface area (Å²) in [6.07, 6.45) is 0. The summed E-state index contributed by atoms with van der Waals surface area (Å²) in [5.41, 5.74) is 3.08. The SMILES string of the molecule is CCN(CC)c1ccc(C2C(C(=O)c3cc4ccccc4o3)=C(O)C(=O)N2c2cc(C)ccc2O)cc1. The number of Topliss-reactive ketones (excluding diaryl/α,β-unsaturated/α-hetero) is 1. The summed E-state index contributed by atoms with van der Waals surface area (Å²) < 4.78 is 5.79. The molecule has 0 aliphatic carbocycles. The number of nitrogens with zero attached hydrogens (tertiary/aromatic N) is 2. The zero-order chi connectivity index (χ0) is 26.3. The fourth-order valence-corrected chi connectivity index (χ4v) is 4.91. The highest BCUT2D eigenvalue weighted by atomic mass is 16.3. The van der Waals surface area contributed by atoms with Crippen LogP contribution in [-0.4, -0.2) is 35.0 Å². The molecule has 1 atom stereocenters. The monoisotopic (exact) mass is 496 g/mol. The number of ketones is 1. The zero-order valence-corrected chi connectivity index (χ0v) is 20.9. The first-order chi connectivity index (χ1) is 17.8. The second-order valence-corrected chi connectivity index (χ2v) is 9.07. The van der Waals surface area contributed by atoms with Gasteiger partial charge in [0.05, 0.1) is 17.3 Å². The number of fused-ring (bicyclic) bond motifs is 1. The highest BCUT2D eigenvalue weighted by Crippen LogP contribution is 2.45. The van der Waals surface area contributed by atoms with Crippen LogP contribution < -0.4 is 9.80 Å². The fraction of sp³-hybridized carbons (Fsp3) is 0.200. The van der Waals surface area contributed by atoms with Crippen LogP contribution in [0.3, 0.4) is 0 Å². The molecule has 3 aromatic carbocycles. The molecule has 188 valence electrons. The van der Waals surface area contributed by atoms with Crippen LogP contribution in [0.15, 0.2) is 88.5 Å². The van der Waals surface area contributed by atoms with Crippen molar-refractivity contribution in [3.05, 3.63) is 101 Å². The first-order valence-electron chi connectivity index (χ1n) is 12.3. The minimum absolute atomic E-state index is 0.0237. The molecule has 1 aliphatic heterocycles. The number of benzene rings is 3. The number of aromatic hydroxyl groups is 1. The number of para-hydroxylation sites is 1. The summed E-state index contributed by atoms with van der Waals surface area (Å²) in [5.74, 6) is -2.12. The largest absolute Gasteiger partial charge is 0.506 e. The van der Waals surface area contributed by atoms with Gasteiger partial charge >= 0.3 is 0 Å². The molecule has 0 spiro atoms. The molecule has 37 heavy (non-hydrogen) atoms. The van der Waals surface area contributed by atoms with E-state index in [-0.39, 0.29) is 22.8 Å². The first-order valence-corrected chi connectivity index (χ1v) is 12.3. The Labute approximate surface area is 214 Å². The third-order valence-electron chi connectivity index (χ3n) is 6.83. The van der Waals surface area contributed by atoms with Crippen molar-refractivity contribution in [2.75, 3.05) is 22.9 Å². The topological polar surface area (TPSA) is 94.2 Å². The minimum Gasteiger partial charge on any atom is -0.506 e. The quantitative estimate of drug-likeness (QED) is 0.301. The van der Waals surface area contributed by atoms with Crippen LogP contribution in [0, 0.1) is 6.92 Å². The number of phenols is 1. The van der Waals surface area contributed by atoms with Crippen LogP contribution in [0.1, 0.15) is 41.6 Å². The van der Waals surface area contributed by atoms with Gasteiger partial charge in [-0.15, -0.1) is 0 Å². The van der Waals surface area contributed by atoms with Crippen LogP contribution in [0.2, 0.25) is 0 Å². The van der Waals surface area contributed by atoms with E-state index in [1.54, 1.807) is 30.3 Å². The number of amides is 1. The Bertz CT molecular complexity index is 1500. The molecule has 0 bridgehead atoms.